The van der Waals surface area contributed by atoms with E-state index in [1.165, 1.54) is 6.07 Å². The molecule has 2 N–H and O–H groups in total. The van der Waals surface area contributed by atoms with Gasteiger partial charge in [-0.25, -0.2) is 9.67 Å². The Kier molecular flexibility index (Phi) is 5.68. The van der Waals surface area contributed by atoms with Crippen LogP contribution in [0.1, 0.15) is 28.7 Å². The topological polar surface area (TPSA) is 92.7 Å². The molecule has 31 heavy (non-hydrogen) atoms. The number of aryl methyl sites for hydroxylation is 1. The summed E-state index contributed by atoms with van der Waals surface area (Å²) in [5.74, 6) is 0.178. The second kappa shape index (κ2) is 8.57. The second-order valence-electron chi connectivity index (χ2n) is 7.02. The van der Waals surface area contributed by atoms with Gasteiger partial charge in [0, 0.05) is 28.0 Å². The van der Waals surface area contributed by atoms with Crippen molar-refractivity contribution in [3.63, 3.8) is 0 Å². The number of nitrogens with zero attached hydrogens (tertiary/aromatic N) is 3. The van der Waals surface area contributed by atoms with Gasteiger partial charge in [0.25, 0.3) is 11.5 Å². The molecular formula is C23H20ClN5O2. The van der Waals surface area contributed by atoms with E-state index in [9.17, 15) is 9.59 Å². The van der Waals surface area contributed by atoms with Gasteiger partial charge in [0.05, 0.1) is 23.1 Å². The van der Waals surface area contributed by atoms with Crippen LogP contribution in [0.5, 0.6) is 0 Å². The summed E-state index contributed by atoms with van der Waals surface area (Å²) in [6.45, 7) is 3.73. The first-order valence-electron chi connectivity index (χ1n) is 9.77. The summed E-state index contributed by atoms with van der Waals surface area (Å²) in [5.41, 5.74) is 3.73. The summed E-state index contributed by atoms with van der Waals surface area (Å²) in [5, 5.41) is 7.90. The highest BCUT2D eigenvalue weighted by molar-refractivity contribution is 6.30. The van der Waals surface area contributed by atoms with Crippen LogP contribution in [0.4, 0.5) is 5.69 Å². The lowest BCUT2D eigenvalue weighted by molar-refractivity contribution is 0.102. The van der Waals surface area contributed by atoms with Crippen LogP contribution in [-0.2, 0) is 6.42 Å². The standard InChI is InChI=1S/C23H20ClN5O2/c1-3-20-19(13-25-29(20)18-9-5-7-16(24)12-18)23(31)27-17-8-4-6-15(11-17)22-26-14(2)10-21(30)28-22/h4-13H,3H2,1-2H3,(H,27,31)(H,26,28,30). The van der Waals surface area contributed by atoms with E-state index in [-0.39, 0.29) is 11.5 Å². The van der Waals surface area contributed by atoms with Crippen molar-refractivity contribution in [3.05, 3.63) is 93.1 Å². The molecule has 4 aromatic rings. The van der Waals surface area contributed by atoms with Gasteiger partial charge in [0.2, 0.25) is 0 Å². The molecule has 0 fully saturated rings. The third-order valence-electron chi connectivity index (χ3n) is 4.76. The van der Waals surface area contributed by atoms with Crippen LogP contribution in [0.2, 0.25) is 5.02 Å². The van der Waals surface area contributed by atoms with Gasteiger partial charge in [0.15, 0.2) is 0 Å². The minimum Gasteiger partial charge on any atom is -0.322 e. The molecule has 2 aromatic carbocycles. The van der Waals surface area contributed by atoms with Gasteiger partial charge >= 0.3 is 0 Å². The Labute approximate surface area is 183 Å². The number of nitrogens with one attached hydrogen (secondary N) is 2. The molecule has 0 saturated carbocycles. The maximum atomic E-state index is 13.0. The molecule has 0 aliphatic carbocycles. The highest BCUT2D eigenvalue weighted by Gasteiger charge is 2.18. The summed E-state index contributed by atoms with van der Waals surface area (Å²) in [6, 6.07) is 15.9. The van der Waals surface area contributed by atoms with E-state index in [0.717, 1.165) is 11.4 Å². The molecule has 0 saturated heterocycles. The third kappa shape index (κ3) is 4.41. The third-order valence-corrected chi connectivity index (χ3v) is 5.00. The Balaban J connectivity index is 1.63. The quantitative estimate of drug-likeness (QED) is 0.488. The fourth-order valence-corrected chi connectivity index (χ4v) is 3.58. The van der Waals surface area contributed by atoms with E-state index in [1.54, 1.807) is 48.1 Å². The minimum atomic E-state index is -0.270. The van der Waals surface area contributed by atoms with E-state index in [4.69, 9.17) is 11.6 Å². The molecule has 0 unspecified atom stereocenters. The van der Waals surface area contributed by atoms with Crippen LogP contribution in [0.15, 0.2) is 65.6 Å². The fourth-order valence-electron chi connectivity index (χ4n) is 3.39. The zero-order chi connectivity index (χ0) is 22.0. The fraction of sp³-hybridized carbons (Fsp3) is 0.130. The second-order valence-corrected chi connectivity index (χ2v) is 7.46. The van der Waals surface area contributed by atoms with Crippen molar-refractivity contribution < 1.29 is 4.79 Å². The summed E-state index contributed by atoms with van der Waals surface area (Å²) in [4.78, 5) is 31.8. The Bertz CT molecular complexity index is 1330. The first kappa shape index (κ1) is 20.6. The number of hydrogen-bond donors (Lipinski definition) is 2. The number of hydrogen-bond acceptors (Lipinski definition) is 4. The van der Waals surface area contributed by atoms with Crippen molar-refractivity contribution in [2.45, 2.75) is 20.3 Å². The molecule has 2 heterocycles. The molecule has 2 aromatic heterocycles. The number of amides is 1. The maximum absolute atomic E-state index is 13.0. The van der Waals surface area contributed by atoms with E-state index >= 15 is 0 Å². The Hall–Kier alpha value is -3.71. The van der Waals surface area contributed by atoms with Gasteiger partial charge < -0.3 is 10.3 Å². The van der Waals surface area contributed by atoms with Gasteiger partial charge in [-0.2, -0.15) is 5.10 Å². The van der Waals surface area contributed by atoms with E-state index in [2.05, 4.69) is 20.4 Å². The summed E-state index contributed by atoms with van der Waals surface area (Å²) in [7, 11) is 0. The zero-order valence-corrected chi connectivity index (χ0v) is 17.8. The zero-order valence-electron chi connectivity index (χ0n) is 17.0. The van der Waals surface area contributed by atoms with Crippen LogP contribution in [0, 0.1) is 6.92 Å². The van der Waals surface area contributed by atoms with Crippen molar-refractivity contribution in [2.75, 3.05) is 5.32 Å². The number of carbonyl (C=O) groups excluding carboxylic acids is 1. The highest BCUT2D eigenvalue weighted by Crippen LogP contribution is 2.22. The van der Waals surface area contributed by atoms with Crippen LogP contribution >= 0.6 is 11.6 Å². The summed E-state index contributed by atoms with van der Waals surface area (Å²) < 4.78 is 1.72. The smallest absolute Gasteiger partial charge is 0.259 e. The molecule has 0 atom stereocenters. The first-order valence-corrected chi connectivity index (χ1v) is 10.1. The van der Waals surface area contributed by atoms with Crippen LogP contribution < -0.4 is 10.9 Å². The monoisotopic (exact) mass is 433 g/mol. The average Bonchev–Trinajstić information content (AvgIpc) is 3.17. The lowest BCUT2D eigenvalue weighted by atomic mass is 10.1. The Morgan fingerprint density at radius 1 is 1.16 bits per heavy atom. The van der Waals surface area contributed by atoms with Crippen LogP contribution in [0.3, 0.4) is 0 Å². The van der Waals surface area contributed by atoms with Crippen LogP contribution in [-0.4, -0.2) is 25.7 Å². The van der Waals surface area contributed by atoms with E-state index < -0.39 is 0 Å². The number of benzene rings is 2. The Morgan fingerprint density at radius 3 is 2.71 bits per heavy atom. The molecule has 7 nitrogen and oxygen atoms in total. The number of rotatable bonds is 5. The molecule has 0 aliphatic heterocycles. The van der Waals surface area contributed by atoms with Gasteiger partial charge in [-0.05, 0) is 43.7 Å². The molecule has 0 radical (unpaired) electrons. The van der Waals surface area contributed by atoms with E-state index in [0.29, 0.717) is 39.8 Å². The predicted molar refractivity (Wildman–Crippen MR) is 121 cm³/mol. The van der Waals surface area contributed by atoms with Crippen molar-refractivity contribution in [1.29, 1.82) is 0 Å². The first-order chi connectivity index (χ1) is 14.9. The molecular weight excluding hydrogens is 414 g/mol. The number of carbonyl (C=O) groups is 1. The lowest BCUT2D eigenvalue weighted by Crippen LogP contribution is -2.14. The maximum Gasteiger partial charge on any atom is 0.259 e. The molecule has 0 spiro atoms. The summed E-state index contributed by atoms with van der Waals surface area (Å²) in [6.07, 6.45) is 2.17. The van der Waals surface area contributed by atoms with Gasteiger partial charge in [-0.3, -0.25) is 9.59 Å². The number of halogens is 1. The lowest BCUT2D eigenvalue weighted by Gasteiger charge is -2.10. The van der Waals surface area contributed by atoms with Gasteiger partial charge in [-0.15, -0.1) is 0 Å². The molecule has 0 bridgehead atoms. The van der Waals surface area contributed by atoms with Crippen molar-refractivity contribution in [2.24, 2.45) is 0 Å². The summed E-state index contributed by atoms with van der Waals surface area (Å²) >= 11 is 6.10. The predicted octanol–water partition coefficient (Wildman–Crippen LogP) is 4.40. The number of H-pyrrole nitrogens is 1. The average molecular weight is 434 g/mol. The molecule has 156 valence electrons. The SMILES string of the molecule is CCc1c(C(=O)Nc2cccc(-c3nc(C)cc(=O)[nH]3)c2)cnn1-c1cccc(Cl)c1. The number of anilines is 1. The highest BCUT2D eigenvalue weighted by atomic mass is 35.5. The molecule has 0 aliphatic rings. The van der Waals surface area contributed by atoms with E-state index in [1.807, 2.05) is 25.1 Å². The van der Waals surface area contributed by atoms with Crippen molar-refractivity contribution in [3.8, 4) is 17.1 Å². The largest absolute Gasteiger partial charge is 0.322 e. The molecule has 1 amide bonds. The number of aromatic amines is 1. The number of aromatic nitrogens is 4. The normalized spacial score (nSPS) is 10.8. The van der Waals surface area contributed by atoms with Gasteiger partial charge in [0.1, 0.15) is 5.82 Å². The molecule has 4 rings (SSSR count). The van der Waals surface area contributed by atoms with Crippen molar-refractivity contribution in [1.82, 2.24) is 19.7 Å². The Morgan fingerprint density at radius 2 is 1.97 bits per heavy atom. The minimum absolute atomic E-state index is 0.224. The van der Waals surface area contributed by atoms with Crippen LogP contribution in [0.25, 0.3) is 17.1 Å². The van der Waals surface area contributed by atoms with Gasteiger partial charge in [-0.1, -0.05) is 36.7 Å². The molecule has 8 heteroatoms. The van der Waals surface area contributed by atoms with Crippen molar-refractivity contribution >= 4 is 23.2 Å².